The van der Waals surface area contributed by atoms with Crippen LogP contribution in [-0.4, -0.2) is 55.2 Å². The van der Waals surface area contributed by atoms with E-state index in [0.29, 0.717) is 19.6 Å². The van der Waals surface area contributed by atoms with E-state index in [-0.39, 0.29) is 29.5 Å². The van der Waals surface area contributed by atoms with Crippen molar-refractivity contribution in [1.82, 2.24) is 15.5 Å². The van der Waals surface area contributed by atoms with Gasteiger partial charge in [-0.1, -0.05) is 30.3 Å². The van der Waals surface area contributed by atoms with E-state index in [1.165, 1.54) is 5.56 Å². The maximum atomic E-state index is 12.5. The Balaban J connectivity index is 1.65. The van der Waals surface area contributed by atoms with Gasteiger partial charge in [0.05, 0.1) is 5.60 Å². The molecule has 2 N–H and O–H groups in total. The molecule has 148 valence electrons. The molecule has 1 atom stereocenters. The van der Waals surface area contributed by atoms with E-state index in [9.17, 15) is 9.59 Å². The average molecular weight is 373 g/mol. The summed E-state index contributed by atoms with van der Waals surface area (Å²) in [6, 6.07) is 10.4. The second kappa shape index (κ2) is 8.30. The van der Waals surface area contributed by atoms with Crippen LogP contribution in [0.5, 0.6) is 0 Å². The van der Waals surface area contributed by atoms with E-state index < -0.39 is 0 Å². The largest absolute Gasteiger partial charge is 0.376 e. The summed E-state index contributed by atoms with van der Waals surface area (Å²) in [6.07, 6.45) is 3.52. The first-order valence-corrected chi connectivity index (χ1v) is 9.89. The number of urea groups is 1. The van der Waals surface area contributed by atoms with Crippen LogP contribution < -0.4 is 10.6 Å². The smallest absolute Gasteiger partial charge is 0.317 e. The van der Waals surface area contributed by atoms with Crippen molar-refractivity contribution in [2.75, 3.05) is 32.8 Å². The third-order valence-electron chi connectivity index (χ3n) is 5.65. The maximum Gasteiger partial charge on any atom is 0.317 e. The number of hydrogen-bond acceptors (Lipinski definition) is 3. The van der Waals surface area contributed by atoms with Gasteiger partial charge in [0.1, 0.15) is 6.54 Å². The molecule has 0 radical (unpaired) electrons. The first-order valence-electron chi connectivity index (χ1n) is 9.89. The van der Waals surface area contributed by atoms with Gasteiger partial charge >= 0.3 is 6.03 Å². The molecule has 6 nitrogen and oxygen atoms in total. The molecular weight excluding hydrogens is 342 g/mol. The highest BCUT2D eigenvalue weighted by Crippen LogP contribution is 2.43. The lowest BCUT2D eigenvalue weighted by atomic mass is 9.67. The summed E-state index contributed by atoms with van der Waals surface area (Å²) in [5, 5.41) is 5.84. The predicted octanol–water partition coefficient (Wildman–Crippen LogP) is 2.43. The molecule has 2 saturated heterocycles. The molecule has 2 fully saturated rings. The monoisotopic (exact) mass is 373 g/mol. The van der Waals surface area contributed by atoms with Gasteiger partial charge < -0.3 is 20.3 Å². The van der Waals surface area contributed by atoms with Crippen LogP contribution in [0.2, 0.25) is 0 Å². The summed E-state index contributed by atoms with van der Waals surface area (Å²) >= 11 is 0. The zero-order valence-electron chi connectivity index (χ0n) is 16.4. The Morgan fingerprint density at radius 3 is 2.81 bits per heavy atom. The number of nitrogens with one attached hydrogen (secondary N) is 2. The fraction of sp³-hybridized carbons (Fsp3) is 0.619. The molecule has 2 aliphatic heterocycles. The number of hydrogen-bond donors (Lipinski definition) is 2. The third kappa shape index (κ3) is 5.01. The number of amides is 3. The second-order valence-electron chi connectivity index (χ2n) is 8.29. The van der Waals surface area contributed by atoms with Crippen LogP contribution in [0.3, 0.4) is 0 Å². The minimum Gasteiger partial charge on any atom is -0.376 e. The summed E-state index contributed by atoms with van der Waals surface area (Å²) in [7, 11) is 0. The van der Waals surface area contributed by atoms with Crippen LogP contribution in [0.1, 0.15) is 45.1 Å². The number of benzene rings is 1. The van der Waals surface area contributed by atoms with Crippen LogP contribution in [0.15, 0.2) is 30.3 Å². The van der Waals surface area contributed by atoms with Crippen molar-refractivity contribution >= 4 is 11.9 Å². The van der Waals surface area contributed by atoms with Crippen LogP contribution in [0.4, 0.5) is 4.79 Å². The van der Waals surface area contributed by atoms with E-state index in [1.807, 2.05) is 6.07 Å². The number of ether oxygens (including phenoxy) is 1. The summed E-state index contributed by atoms with van der Waals surface area (Å²) in [5.41, 5.74) is 1.12. The Morgan fingerprint density at radius 1 is 1.30 bits per heavy atom. The topological polar surface area (TPSA) is 70.7 Å². The predicted molar refractivity (Wildman–Crippen MR) is 105 cm³/mol. The van der Waals surface area contributed by atoms with E-state index >= 15 is 0 Å². The molecule has 27 heavy (non-hydrogen) atoms. The molecule has 0 unspecified atom stereocenters. The van der Waals surface area contributed by atoms with E-state index in [1.54, 1.807) is 4.90 Å². The second-order valence-corrected chi connectivity index (χ2v) is 8.29. The minimum absolute atomic E-state index is 0.00749. The lowest BCUT2D eigenvalue weighted by molar-refractivity contribution is -0.121. The van der Waals surface area contributed by atoms with Gasteiger partial charge in [-0.25, -0.2) is 4.79 Å². The Labute approximate surface area is 161 Å². The molecule has 0 bridgehead atoms. The van der Waals surface area contributed by atoms with Gasteiger partial charge in [0, 0.05) is 31.7 Å². The van der Waals surface area contributed by atoms with Crippen molar-refractivity contribution in [1.29, 1.82) is 0 Å². The van der Waals surface area contributed by atoms with Gasteiger partial charge in [-0.15, -0.1) is 0 Å². The van der Waals surface area contributed by atoms with Crippen LogP contribution in [-0.2, 0) is 14.9 Å². The van der Waals surface area contributed by atoms with Crippen molar-refractivity contribution in [3.63, 3.8) is 0 Å². The molecule has 1 aromatic carbocycles. The lowest BCUT2D eigenvalue weighted by Crippen LogP contribution is -2.47. The number of nitrogens with zero attached hydrogens (tertiary/aromatic N) is 1. The summed E-state index contributed by atoms with van der Waals surface area (Å²) in [5.74, 6) is -0.0883. The van der Waals surface area contributed by atoms with Crippen LogP contribution in [0, 0.1) is 0 Å². The molecule has 0 aliphatic carbocycles. The fourth-order valence-corrected chi connectivity index (χ4v) is 4.37. The number of rotatable bonds is 4. The average Bonchev–Trinajstić information content (AvgIpc) is 2.86. The molecule has 2 heterocycles. The Kier molecular flexibility index (Phi) is 6.05. The third-order valence-corrected chi connectivity index (χ3v) is 5.65. The molecule has 2 aliphatic rings. The molecule has 0 spiro atoms. The summed E-state index contributed by atoms with van der Waals surface area (Å²) < 4.78 is 5.95. The standard InChI is InChI=1S/C21H31N3O3/c1-20(2)16-21(10-14-27-20,17-7-4-3-5-8-17)9-12-23-19(26)24-13-6-11-22-18(25)15-24/h3-5,7-8H,6,9-16H2,1-2H3,(H,22,25)(H,23,26)/t21-/m0/s1. The van der Waals surface area contributed by atoms with Crippen LogP contribution >= 0.6 is 0 Å². The van der Waals surface area contributed by atoms with Crippen LogP contribution in [0.25, 0.3) is 0 Å². The molecule has 3 amide bonds. The highest BCUT2D eigenvalue weighted by molar-refractivity contribution is 5.84. The van der Waals surface area contributed by atoms with Crippen molar-refractivity contribution < 1.29 is 14.3 Å². The fourth-order valence-electron chi connectivity index (χ4n) is 4.37. The van der Waals surface area contributed by atoms with Crippen molar-refractivity contribution in [2.24, 2.45) is 0 Å². The summed E-state index contributed by atoms with van der Waals surface area (Å²) in [4.78, 5) is 25.8. The minimum atomic E-state index is -0.180. The van der Waals surface area contributed by atoms with Gasteiger partial charge in [-0.2, -0.15) is 0 Å². The van der Waals surface area contributed by atoms with E-state index in [4.69, 9.17) is 4.74 Å². The molecule has 0 aromatic heterocycles. The molecular formula is C21H31N3O3. The molecule has 3 rings (SSSR count). The number of carbonyl (C=O) groups is 2. The zero-order chi connectivity index (χ0) is 19.3. The van der Waals surface area contributed by atoms with Crippen molar-refractivity contribution in [3.05, 3.63) is 35.9 Å². The quantitative estimate of drug-likeness (QED) is 0.852. The van der Waals surface area contributed by atoms with E-state index in [2.05, 4.69) is 48.7 Å². The first kappa shape index (κ1) is 19.7. The molecule has 0 saturated carbocycles. The van der Waals surface area contributed by atoms with Gasteiger partial charge in [-0.3, -0.25) is 4.79 Å². The normalized spacial score (nSPS) is 25.4. The molecule has 6 heteroatoms. The first-order chi connectivity index (χ1) is 12.9. The summed E-state index contributed by atoms with van der Waals surface area (Å²) in [6.45, 7) is 6.96. The lowest BCUT2D eigenvalue weighted by Gasteiger charge is -2.45. The zero-order valence-corrected chi connectivity index (χ0v) is 16.4. The maximum absolute atomic E-state index is 12.5. The van der Waals surface area contributed by atoms with E-state index in [0.717, 1.165) is 32.3 Å². The van der Waals surface area contributed by atoms with Gasteiger partial charge in [0.15, 0.2) is 0 Å². The van der Waals surface area contributed by atoms with Gasteiger partial charge in [0.2, 0.25) is 5.91 Å². The van der Waals surface area contributed by atoms with Gasteiger partial charge in [0.25, 0.3) is 0 Å². The number of carbonyl (C=O) groups excluding carboxylic acids is 2. The highest BCUT2D eigenvalue weighted by atomic mass is 16.5. The SMILES string of the molecule is CC1(C)C[C@@](CCNC(=O)N2CCCNC(=O)C2)(c2ccccc2)CCO1. The van der Waals surface area contributed by atoms with Gasteiger partial charge in [-0.05, 0) is 45.1 Å². The highest BCUT2D eigenvalue weighted by Gasteiger charge is 2.41. The molecule has 1 aromatic rings. The van der Waals surface area contributed by atoms with Crippen molar-refractivity contribution in [3.8, 4) is 0 Å². The Morgan fingerprint density at radius 2 is 2.07 bits per heavy atom. The Bertz CT molecular complexity index is 662. The Hall–Kier alpha value is -2.08. The van der Waals surface area contributed by atoms with Crippen molar-refractivity contribution in [2.45, 2.75) is 50.5 Å².